The Hall–Kier alpha value is -2.92. The summed E-state index contributed by atoms with van der Waals surface area (Å²) in [5, 5.41) is 11.4. The number of carbonyl (C=O) groups excluding carboxylic acids is 2. The second kappa shape index (κ2) is 10.8. The number of benzene rings is 2. The van der Waals surface area contributed by atoms with Crippen LogP contribution in [-0.4, -0.2) is 23.6 Å². The maximum atomic E-state index is 12.7. The van der Waals surface area contributed by atoms with Crippen LogP contribution in [0, 0.1) is 0 Å². The summed E-state index contributed by atoms with van der Waals surface area (Å²) < 4.78 is 0. The first-order chi connectivity index (χ1) is 12.7. The molecular formula is C21H24N2O3. The third-order valence-corrected chi connectivity index (χ3v) is 3.93. The van der Waals surface area contributed by atoms with Gasteiger partial charge in [-0.2, -0.15) is 0 Å². The molecule has 0 aliphatic rings. The largest absolute Gasteiger partial charge is 0.352 e. The van der Waals surface area contributed by atoms with Crippen LogP contribution in [0.4, 0.5) is 0 Å². The molecule has 0 saturated heterocycles. The Morgan fingerprint density at radius 3 is 2.19 bits per heavy atom. The fraction of sp³-hybridized carbons (Fsp3) is 0.238. The van der Waals surface area contributed by atoms with Crippen LogP contribution >= 0.6 is 0 Å². The normalized spacial score (nSPS) is 11.0. The lowest BCUT2D eigenvalue weighted by atomic mass is 10.0. The third-order valence-electron chi connectivity index (χ3n) is 3.93. The second-order valence-electron chi connectivity index (χ2n) is 5.94. The highest BCUT2D eigenvalue weighted by molar-refractivity contribution is 6.24. The number of unbranched alkanes of at least 4 members (excludes halogenated alkanes) is 2. The molecule has 26 heavy (non-hydrogen) atoms. The minimum atomic E-state index is -0.383. The van der Waals surface area contributed by atoms with Gasteiger partial charge in [-0.15, -0.1) is 0 Å². The van der Waals surface area contributed by atoms with Crippen molar-refractivity contribution >= 4 is 23.5 Å². The summed E-state index contributed by atoms with van der Waals surface area (Å²) in [5.41, 5.74) is 4.07. The highest BCUT2D eigenvalue weighted by Gasteiger charge is 2.11. The van der Waals surface area contributed by atoms with E-state index in [-0.39, 0.29) is 18.2 Å². The van der Waals surface area contributed by atoms with Crippen molar-refractivity contribution in [1.29, 1.82) is 0 Å². The van der Waals surface area contributed by atoms with Crippen LogP contribution in [0.5, 0.6) is 0 Å². The van der Waals surface area contributed by atoms with Crippen LogP contribution in [-0.2, 0) is 9.59 Å². The molecule has 2 amide bonds. The molecule has 0 fully saturated rings. The minimum absolute atomic E-state index is 0.117. The summed E-state index contributed by atoms with van der Waals surface area (Å²) in [6, 6.07) is 19.3. The summed E-state index contributed by atoms with van der Waals surface area (Å²) in [5.74, 6) is -0.501. The summed E-state index contributed by atoms with van der Waals surface area (Å²) in [6.07, 6.45) is 4.42. The van der Waals surface area contributed by atoms with Gasteiger partial charge in [0.1, 0.15) is 0 Å². The van der Waals surface area contributed by atoms with Crippen molar-refractivity contribution in [3.8, 4) is 0 Å². The average molecular weight is 352 g/mol. The van der Waals surface area contributed by atoms with Gasteiger partial charge in [-0.1, -0.05) is 67.1 Å². The predicted molar refractivity (Wildman–Crippen MR) is 102 cm³/mol. The zero-order valence-electron chi connectivity index (χ0n) is 14.7. The van der Waals surface area contributed by atoms with Crippen molar-refractivity contribution in [3.05, 3.63) is 71.8 Å². The monoisotopic (exact) mass is 352 g/mol. The molecule has 0 saturated carbocycles. The van der Waals surface area contributed by atoms with E-state index in [0.29, 0.717) is 18.5 Å². The van der Waals surface area contributed by atoms with Gasteiger partial charge < -0.3 is 5.32 Å². The number of hydrogen-bond donors (Lipinski definition) is 3. The van der Waals surface area contributed by atoms with Crippen molar-refractivity contribution in [3.63, 3.8) is 0 Å². The molecule has 0 bridgehead atoms. The summed E-state index contributed by atoms with van der Waals surface area (Å²) in [7, 11) is 0. The molecule has 2 aromatic carbocycles. The Morgan fingerprint density at radius 1 is 0.885 bits per heavy atom. The van der Waals surface area contributed by atoms with E-state index in [1.54, 1.807) is 5.48 Å². The molecule has 0 aliphatic heterocycles. The van der Waals surface area contributed by atoms with E-state index < -0.39 is 0 Å². The zero-order chi connectivity index (χ0) is 18.6. The van der Waals surface area contributed by atoms with Gasteiger partial charge in [0.25, 0.3) is 5.91 Å². The van der Waals surface area contributed by atoms with Crippen LogP contribution in [0.25, 0.3) is 11.6 Å². The van der Waals surface area contributed by atoms with Crippen LogP contribution < -0.4 is 10.8 Å². The zero-order valence-corrected chi connectivity index (χ0v) is 14.7. The standard InChI is InChI=1S/C21H24N2O3/c24-20(23-26)14-8-3-9-15-22-21(25)19(18-12-6-2-7-13-18)16-17-10-4-1-5-11-17/h1-2,4-7,10-13,16,26H,3,8-9,14-15H2,(H,22,25)(H,23,24)/b19-16-. The van der Waals surface area contributed by atoms with Gasteiger partial charge in [0.15, 0.2) is 0 Å². The van der Waals surface area contributed by atoms with Crippen molar-refractivity contribution in [1.82, 2.24) is 10.8 Å². The van der Waals surface area contributed by atoms with Gasteiger partial charge in [0, 0.05) is 18.5 Å². The maximum absolute atomic E-state index is 12.7. The Kier molecular flexibility index (Phi) is 8.09. The summed E-state index contributed by atoms with van der Waals surface area (Å²) in [6.45, 7) is 0.540. The number of hydrogen-bond acceptors (Lipinski definition) is 3. The highest BCUT2D eigenvalue weighted by Crippen LogP contribution is 2.18. The lowest BCUT2D eigenvalue weighted by Gasteiger charge is -2.10. The number of carbonyl (C=O) groups is 2. The molecule has 0 heterocycles. The quantitative estimate of drug-likeness (QED) is 0.213. The van der Waals surface area contributed by atoms with E-state index in [1.807, 2.05) is 66.7 Å². The smallest absolute Gasteiger partial charge is 0.251 e. The first-order valence-electron chi connectivity index (χ1n) is 8.74. The minimum Gasteiger partial charge on any atom is -0.352 e. The number of nitrogens with one attached hydrogen (secondary N) is 2. The van der Waals surface area contributed by atoms with Gasteiger partial charge in [-0.05, 0) is 30.0 Å². The molecule has 136 valence electrons. The Morgan fingerprint density at radius 2 is 1.54 bits per heavy atom. The molecule has 2 rings (SSSR count). The third kappa shape index (κ3) is 6.53. The SMILES string of the molecule is O=C(CCCCCNC(=O)/C(=C\c1ccccc1)c1ccccc1)NO. The van der Waals surface area contributed by atoms with Gasteiger partial charge in [0.2, 0.25) is 5.91 Å². The van der Waals surface area contributed by atoms with Crippen molar-refractivity contribution < 1.29 is 14.8 Å². The Labute approximate surface area is 153 Å². The number of rotatable bonds is 9. The van der Waals surface area contributed by atoms with Crippen LogP contribution in [0.3, 0.4) is 0 Å². The molecular weight excluding hydrogens is 328 g/mol. The average Bonchev–Trinajstić information content (AvgIpc) is 2.69. The summed E-state index contributed by atoms with van der Waals surface area (Å²) in [4.78, 5) is 23.6. The molecule has 0 aromatic heterocycles. The van der Waals surface area contributed by atoms with Crippen molar-refractivity contribution in [2.24, 2.45) is 0 Å². The fourth-order valence-electron chi connectivity index (χ4n) is 2.55. The van der Waals surface area contributed by atoms with Crippen LogP contribution in [0.2, 0.25) is 0 Å². The predicted octanol–water partition coefficient (Wildman–Crippen LogP) is 3.41. The molecule has 2 aromatic rings. The first kappa shape index (κ1) is 19.4. The molecule has 0 atom stereocenters. The Bertz CT molecular complexity index is 727. The van der Waals surface area contributed by atoms with E-state index in [4.69, 9.17) is 5.21 Å². The van der Waals surface area contributed by atoms with E-state index in [2.05, 4.69) is 5.32 Å². The molecule has 0 aliphatic carbocycles. The van der Waals surface area contributed by atoms with Gasteiger partial charge in [0.05, 0.1) is 0 Å². The van der Waals surface area contributed by atoms with Crippen molar-refractivity contribution in [2.45, 2.75) is 25.7 Å². The second-order valence-corrected chi connectivity index (χ2v) is 5.94. The maximum Gasteiger partial charge on any atom is 0.251 e. The highest BCUT2D eigenvalue weighted by atomic mass is 16.5. The lowest BCUT2D eigenvalue weighted by molar-refractivity contribution is -0.129. The molecule has 0 radical (unpaired) electrons. The van der Waals surface area contributed by atoms with E-state index >= 15 is 0 Å². The van der Waals surface area contributed by atoms with Gasteiger partial charge >= 0.3 is 0 Å². The summed E-state index contributed by atoms with van der Waals surface area (Å²) >= 11 is 0. The fourth-order valence-corrected chi connectivity index (χ4v) is 2.55. The molecule has 5 heteroatoms. The van der Waals surface area contributed by atoms with Crippen LogP contribution in [0.1, 0.15) is 36.8 Å². The first-order valence-corrected chi connectivity index (χ1v) is 8.74. The van der Waals surface area contributed by atoms with Crippen molar-refractivity contribution in [2.75, 3.05) is 6.54 Å². The van der Waals surface area contributed by atoms with E-state index in [9.17, 15) is 9.59 Å². The van der Waals surface area contributed by atoms with Gasteiger partial charge in [-0.25, -0.2) is 5.48 Å². The van der Waals surface area contributed by atoms with E-state index in [0.717, 1.165) is 24.0 Å². The molecule has 3 N–H and O–H groups in total. The molecule has 0 unspecified atom stereocenters. The van der Waals surface area contributed by atoms with Gasteiger partial charge in [-0.3, -0.25) is 14.8 Å². The molecule has 5 nitrogen and oxygen atoms in total. The van der Waals surface area contributed by atoms with Crippen LogP contribution in [0.15, 0.2) is 60.7 Å². The Balaban J connectivity index is 1.94. The lowest BCUT2D eigenvalue weighted by Crippen LogP contribution is -2.25. The number of amides is 2. The topological polar surface area (TPSA) is 78.4 Å². The number of hydroxylamine groups is 1. The molecule has 0 spiro atoms. The van der Waals surface area contributed by atoms with E-state index in [1.165, 1.54) is 0 Å².